The number of benzene rings is 2. The topological polar surface area (TPSA) is 35.5 Å². The van der Waals surface area contributed by atoms with Crippen LogP contribution in [0.1, 0.15) is 81.6 Å². The van der Waals surface area contributed by atoms with E-state index in [9.17, 15) is 4.79 Å². The van der Waals surface area contributed by atoms with Gasteiger partial charge in [-0.15, -0.1) is 0 Å². The SMILES string of the molecule is C[C@H]1C[C@@](C)(C=O)[C@@](C)(CCCO[Si](C)(C)C(C)(C)C)C=C1CO[Si](c1ccccc1)(c1ccccc1)C(C)(C)C. The van der Waals surface area contributed by atoms with Gasteiger partial charge in [0.1, 0.15) is 6.29 Å². The molecule has 0 bridgehead atoms. The lowest BCUT2D eigenvalue weighted by molar-refractivity contribution is -0.122. The van der Waals surface area contributed by atoms with Crippen LogP contribution in [0.3, 0.4) is 0 Å². The molecule has 1 aliphatic carbocycles. The van der Waals surface area contributed by atoms with Gasteiger partial charge in [0, 0.05) is 12.0 Å². The molecule has 0 spiro atoms. The van der Waals surface area contributed by atoms with E-state index in [-0.39, 0.29) is 21.4 Å². The minimum absolute atomic E-state index is 0.0735. The van der Waals surface area contributed by atoms with Crippen LogP contribution in [0, 0.1) is 16.7 Å². The molecule has 3 atom stereocenters. The summed E-state index contributed by atoms with van der Waals surface area (Å²) in [7, 11) is -4.45. The Kier molecular flexibility index (Phi) is 10.2. The predicted octanol–water partition coefficient (Wildman–Crippen LogP) is 8.54. The Labute approximate surface area is 253 Å². The number of carbonyl (C=O) groups is 1. The van der Waals surface area contributed by atoms with Gasteiger partial charge in [-0.05, 0) is 69.7 Å². The van der Waals surface area contributed by atoms with Gasteiger partial charge in [0.15, 0.2) is 8.32 Å². The van der Waals surface area contributed by atoms with Gasteiger partial charge in [-0.3, -0.25) is 0 Å². The Morgan fingerprint density at radius 3 is 1.80 bits per heavy atom. The third-order valence-corrected chi connectivity index (χ3v) is 19.9. The van der Waals surface area contributed by atoms with Crippen molar-refractivity contribution in [2.24, 2.45) is 16.7 Å². The van der Waals surface area contributed by atoms with E-state index in [4.69, 9.17) is 8.85 Å². The minimum Gasteiger partial charge on any atom is -0.417 e. The fourth-order valence-corrected chi connectivity index (χ4v) is 12.0. The van der Waals surface area contributed by atoms with E-state index in [1.807, 2.05) is 0 Å². The zero-order valence-electron chi connectivity index (χ0n) is 27.8. The Bertz CT molecular complexity index is 1140. The molecule has 3 rings (SSSR count). The molecule has 3 nitrogen and oxygen atoms in total. The highest BCUT2D eigenvalue weighted by atomic mass is 28.4. The maximum Gasteiger partial charge on any atom is 0.261 e. The van der Waals surface area contributed by atoms with Crippen molar-refractivity contribution in [1.29, 1.82) is 0 Å². The van der Waals surface area contributed by atoms with Gasteiger partial charge >= 0.3 is 0 Å². The molecule has 0 unspecified atom stereocenters. The van der Waals surface area contributed by atoms with E-state index in [1.54, 1.807) is 0 Å². The zero-order chi connectivity index (χ0) is 30.7. The van der Waals surface area contributed by atoms with Crippen LogP contribution in [-0.2, 0) is 13.6 Å². The van der Waals surface area contributed by atoms with Gasteiger partial charge in [0.25, 0.3) is 8.32 Å². The third kappa shape index (κ3) is 6.90. The summed E-state index contributed by atoms with van der Waals surface area (Å²) in [5.74, 6) is 0.278. The maximum atomic E-state index is 12.6. The van der Waals surface area contributed by atoms with Gasteiger partial charge in [-0.1, -0.05) is 129 Å². The standard InChI is InChI=1S/C36H56O3Si2/c1-29-25-36(9,28-37)35(8,23-18-24-38-40(10,11)33(2,3)4)26-30(29)27-39-41(34(5,6)7,31-19-14-12-15-20-31)32-21-16-13-17-22-32/h12-17,19-22,26,28-29H,18,23-25,27H2,1-11H3/t29-,35-,36-/m0/s1. The average Bonchev–Trinajstić information content (AvgIpc) is 2.90. The summed E-state index contributed by atoms with van der Waals surface area (Å²) in [4.78, 5) is 12.6. The first kappa shape index (κ1) is 33.7. The average molecular weight is 593 g/mol. The quantitative estimate of drug-likeness (QED) is 0.114. The molecule has 0 radical (unpaired) electrons. The van der Waals surface area contributed by atoms with E-state index in [1.165, 1.54) is 22.2 Å². The monoisotopic (exact) mass is 592 g/mol. The Hall–Kier alpha value is -1.80. The van der Waals surface area contributed by atoms with Crippen molar-refractivity contribution < 1.29 is 13.6 Å². The Morgan fingerprint density at radius 2 is 1.37 bits per heavy atom. The maximum absolute atomic E-state index is 12.6. The highest BCUT2D eigenvalue weighted by molar-refractivity contribution is 6.99. The summed E-state index contributed by atoms with van der Waals surface area (Å²) in [5.41, 5.74) is 0.664. The molecule has 0 amide bonds. The van der Waals surface area contributed by atoms with Gasteiger partial charge in [-0.25, -0.2) is 0 Å². The van der Waals surface area contributed by atoms with Crippen molar-refractivity contribution in [2.45, 2.75) is 105 Å². The number of aldehydes is 1. The van der Waals surface area contributed by atoms with Crippen molar-refractivity contribution in [3.63, 3.8) is 0 Å². The smallest absolute Gasteiger partial charge is 0.261 e. The second kappa shape index (κ2) is 12.4. The summed E-state index contributed by atoms with van der Waals surface area (Å²) >= 11 is 0. The first-order valence-corrected chi connectivity index (χ1v) is 20.3. The molecule has 0 aromatic heterocycles. The molecule has 0 saturated carbocycles. The molecule has 0 fully saturated rings. The lowest BCUT2D eigenvalue weighted by Gasteiger charge is -2.49. The van der Waals surface area contributed by atoms with E-state index in [2.05, 4.69) is 142 Å². The van der Waals surface area contributed by atoms with Gasteiger partial charge in [-0.2, -0.15) is 0 Å². The molecule has 1 aliphatic rings. The van der Waals surface area contributed by atoms with Crippen molar-refractivity contribution in [2.75, 3.05) is 13.2 Å². The first-order valence-electron chi connectivity index (χ1n) is 15.5. The lowest BCUT2D eigenvalue weighted by Crippen LogP contribution is -2.66. The second-order valence-corrected chi connectivity index (χ2v) is 24.6. The highest BCUT2D eigenvalue weighted by Gasteiger charge is 2.52. The number of hydrogen-bond acceptors (Lipinski definition) is 3. The van der Waals surface area contributed by atoms with Crippen molar-refractivity contribution in [3.05, 3.63) is 72.3 Å². The largest absolute Gasteiger partial charge is 0.417 e. The normalized spacial score (nSPS) is 24.2. The minimum atomic E-state index is -2.65. The molecule has 0 saturated heterocycles. The van der Waals surface area contributed by atoms with Crippen molar-refractivity contribution in [3.8, 4) is 0 Å². The van der Waals surface area contributed by atoms with Gasteiger partial charge in [0.05, 0.1) is 6.61 Å². The van der Waals surface area contributed by atoms with E-state index < -0.39 is 22.0 Å². The zero-order valence-corrected chi connectivity index (χ0v) is 29.8. The summed E-state index contributed by atoms with van der Waals surface area (Å²) in [5, 5.41) is 2.72. The van der Waals surface area contributed by atoms with Crippen LogP contribution < -0.4 is 10.4 Å². The van der Waals surface area contributed by atoms with Crippen LogP contribution >= 0.6 is 0 Å². The molecule has 41 heavy (non-hydrogen) atoms. The summed E-state index contributed by atoms with van der Waals surface area (Å²) in [6, 6.07) is 21.7. The number of allylic oxidation sites excluding steroid dienone is 1. The van der Waals surface area contributed by atoms with E-state index in [0.29, 0.717) is 6.61 Å². The first-order chi connectivity index (χ1) is 18.9. The molecule has 0 heterocycles. The van der Waals surface area contributed by atoms with E-state index in [0.717, 1.165) is 25.9 Å². The predicted molar refractivity (Wildman–Crippen MR) is 180 cm³/mol. The van der Waals surface area contributed by atoms with Crippen LogP contribution in [0.25, 0.3) is 0 Å². The van der Waals surface area contributed by atoms with Crippen molar-refractivity contribution >= 4 is 33.3 Å². The summed E-state index contributed by atoms with van der Waals surface area (Å²) in [6.45, 7) is 26.5. The molecule has 226 valence electrons. The molecule has 5 heteroatoms. The van der Waals surface area contributed by atoms with Crippen LogP contribution in [0.15, 0.2) is 72.3 Å². The van der Waals surface area contributed by atoms with Crippen molar-refractivity contribution in [1.82, 2.24) is 0 Å². The Balaban J connectivity index is 1.95. The fourth-order valence-electron chi connectivity index (χ4n) is 6.38. The molecule has 2 aromatic rings. The third-order valence-electron chi connectivity index (χ3n) is 10.4. The molecule has 0 aliphatic heterocycles. The number of rotatable bonds is 11. The highest BCUT2D eigenvalue weighted by Crippen LogP contribution is 2.52. The van der Waals surface area contributed by atoms with Gasteiger partial charge < -0.3 is 13.6 Å². The second-order valence-electron chi connectivity index (χ2n) is 15.4. The van der Waals surface area contributed by atoms with Crippen LogP contribution in [-0.4, -0.2) is 36.1 Å². The van der Waals surface area contributed by atoms with Crippen LogP contribution in [0.5, 0.6) is 0 Å². The Morgan fingerprint density at radius 1 is 0.854 bits per heavy atom. The number of hydrogen-bond donors (Lipinski definition) is 0. The van der Waals surface area contributed by atoms with E-state index >= 15 is 0 Å². The molecular weight excluding hydrogens is 537 g/mol. The van der Waals surface area contributed by atoms with Crippen LogP contribution in [0.4, 0.5) is 0 Å². The molecule has 2 aromatic carbocycles. The summed E-state index contributed by atoms with van der Waals surface area (Å²) in [6.07, 6.45) is 6.34. The number of carbonyl (C=O) groups excluding carboxylic acids is 1. The van der Waals surface area contributed by atoms with Gasteiger partial charge in [0.2, 0.25) is 0 Å². The summed E-state index contributed by atoms with van der Waals surface area (Å²) < 4.78 is 13.9. The van der Waals surface area contributed by atoms with Crippen LogP contribution in [0.2, 0.25) is 23.2 Å². The molecule has 0 N–H and O–H groups in total. The lowest BCUT2D eigenvalue weighted by atomic mass is 9.56. The fraction of sp³-hybridized carbons (Fsp3) is 0.583. The molecular formula is C36H56O3Si2.